The van der Waals surface area contributed by atoms with Crippen molar-refractivity contribution in [3.63, 3.8) is 0 Å². The molecule has 1 aliphatic heterocycles. The molecule has 2 rings (SSSR count). The van der Waals surface area contributed by atoms with Gasteiger partial charge in [0.15, 0.2) is 0 Å². The third-order valence-corrected chi connectivity index (χ3v) is 5.38. The zero-order valence-electron chi connectivity index (χ0n) is 14.0. The van der Waals surface area contributed by atoms with Gasteiger partial charge < -0.3 is 5.32 Å². The van der Waals surface area contributed by atoms with Gasteiger partial charge in [-0.25, -0.2) is 0 Å². The van der Waals surface area contributed by atoms with Gasteiger partial charge >= 0.3 is 0 Å². The van der Waals surface area contributed by atoms with E-state index in [1.165, 1.54) is 0 Å². The van der Waals surface area contributed by atoms with Gasteiger partial charge in [0, 0.05) is 37.8 Å². The number of hydrogen-bond acceptors (Lipinski definition) is 3. The average molecular weight is 313 g/mol. The van der Waals surface area contributed by atoms with Crippen molar-refractivity contribution in [1.82, 2.24) is 20.0 Å². The summed E-state index contributed by atoms with van der Waals surface area (Å²) in [5, 5.41) is 9.09. The fourth-order valence-corrected chi connectivity index (χ4v) is 3.36. The Bertz CT molecular complexity index is 485. The number of aryl methyl sites for hydroxylation is 2. The molecule has 1 aliphatic rings. The molecule has 1 aromatic heterocycles. The van der Waals surface area contributed by atoms with Gasteiger partial charge in [-0.1, -0.05) is 25.4 Å². The lowest BCUT2D eigenvalue weighted by Crippen LogP contribution is -2.62. The normalized spacial score (nSPS) is 27.2. The molecule has 0 saturated carbocycles. The molecule has 2 atom stereocenters. The average Bonchev–Trinajstić information content (AvgIpc) is 2.75. The number of piperazine rings is 1. The summed E-state index contributed by atoms with van der Waals surface area (Å²) in [6.07, 6.45) is 2.30. The first-order chi connectivity index (χ1) is 9.94. The van der Waals surface area contributed by atoms with Gasteiger partial charge in [-0.2, -0.15) is 5.10 Å². The van der Waals surface area contributed by atoms with E-state index >= 15 is 0 Å². The highest BCUT2D eigenvalue weighted by molar-refractivity contribution is 6.31. The van der Waals surface area contributed by atoms with Crippen molar-refractivity contribution in [1.29, 1.82) is 0 Å². The van der Waals surface area contributed by atoms with Crippen molar-refractivity contribution in [2.75, 3.05) is 13.1 Å². The van der Waals surface area contributed by atoms with Crippen molar-refractivity contribution in [3.05, 3.63) is 16.4 Å². The van der Waals surface area contributed by atoms with Crippen molar-refractivity contribution in [2.45, 2.75) is 72.1 Å². The largest absolute Gasteiger partial charge is 0.309 e. The predicted octanol–water partition coefficient (Wildman–Crippen LogP) is 3.22. The van der Waals surface area contributed by atoms with Crippen LogP contribution >= 0.6 is 11.6 Å². The van der Waals surface area contributed by atoms with Crippen molar-refractivity contribution < 1.29 is 0 Å². The van der Waals surface area contributed by atoms with Gasteiger partial charge in [0.05, 0.1) is 16.4 Å². The molecule has 2 unspecified atom stereocenters. The second-order valence-electron chi connectivity index (χ2n) is 6.42. The van der Waals surface area contributed by atoms with Crippen LogP contribution in [0.1, 0.15) is 51.9 Å². The summed E-state index contributed by atoms with van der Waals surface area (Å²) >= 11 is 6.48. The van der Waals surface area contributed by atoms with E-state index in [0.29, 0.717) is 6.04 Å². The monoisotopic (exact) mass is 312 g/mol. The zero-order valence-corrected chi connectivity index (χ0v) is 14.8. The maximum absolute atomic E-state index is 6.48. The molecule has 2 heterocycles. The topological polar surface area (TPSA) is 33.1 Å². The van der Waals surface area contributed by atoms with E-state index in [-0.39, 0.29) is 5.54 Å². The molecule has 5 heteroatoms. The number of halogens is 1. The Balaban J connectivity index is 2.23. The molecule has 0 amide bonds. The maximum atomic E-state index is 6.48. The number of aromatic nitrogens is 2. The number of rotatable bonds is 5. The summed E-state index contributed by atoms with van der Waals surface area (Å²) in [5.41, 5.74) is 2.30. The first-order valence-electron chi connectivity index (χ1n) is 8.15. The molecule has 0 bridgehead atoms. The van der Waals surface area contributed by atoms with Crippen LogP contribution in [-0.2, 0) is 13.1 Å². The first kappa shape index (κ1) is 16.8. The molecule has 1 saturated heterocycles. The van der Waals surface area contributed by atoms with Crippen LogP contribution in [0.15, 0.2) is 0 Å². The quantitative estimate of drug-likeness (QED) is 0.906. The molecule has 1 aromatic rings. The third-order valence-electron chi connectivity index (χ3n) is 4.89. The molecule has 0 aliphatic carbocycles. The van der Waals surface area contributed by atoms with E-state index in [9.17, 15) is 0 Å². The minimum atomic E-state index is 0.199. The Morgan fingerprint density at radius 1 is 1.38 bits per heavy atom. The van der Waals surface area contributed by atoms with Crippen LogP contribution in [-0.4, -0.2) is 39.4 Å². The Labute approximate surface area is 133 Å². The first-order valence-corrected chi connectivity index (χ1v) is 8.52. The molecule has 0 spiro atoms. The molecule has 4 nitrogen and oxygen atoms in total. The maximum Gasteiger partial charge on any atom is 0.0860 e. The van der Waals surface area contributed by atoms with Crippen molar-refractivity contribution in [3.8, 4) is 0 Å². The van der Waals surface area contributed by atoms with Gasteiger partial charge in [0.25, 0.3) is 0 Å². The number of nitrogens with one attached hydrogen (secondary N) is 1. The summed E-state index contributed by atoms with van der Waals surface area (Å²) in [6.45, 7) is 14.8. The lowest BCUT2D eigenvalue weighted by atomic mass is 9.92. The van der Waals surface area contributed by atoms with Gasteiger partial charge in [0.1, 0.15) is 0 Å². The summed E-state index contributed by atoms with van der Waals surface area (Å²) in [7, 11) is 0. The number of hydrogen-bond donors (Lipinski definition) is 1. The summed E-state index contributed by atoms with van der Waals surface area (Å²) in [5.74, 6) is 0. The standard InChI is InChI=1S/C16H29ClN4/c1-6-13-9-18-16(5,7-2)11-20(13)10-14-15(17)12(4)19-21(14)8-3/h13,18H,6-11H2,1-5H3. The summed E-state index contributed by atoms with van der Waals surface area (Å²) in [4.78, 5) is 2.58. The molecule has 0 radical (unpaired) electrons. The second-order valence-corrected chi connectivity index (χ2v) is 6.80. The van der Waals surface area contributed by atoms with E-state index in [0.717, 1.165) is 55.4 Å². The Kier molecular flexibility index (Phi) is 5.33. The van der Waals surface area contributed by atoms with Crippen LogP contribution in [0.4, 0.5) is 0 Å². The van der Waals surface area contributed by atoms with Gasteiger partial charge in [-0.05, 0) is 33.6 Å². The summed E-state index contributed by atoms with van der Waals surface area (Å²) in [6, 6.07) is 0.571. The third kappa shape index (κ3) is 3.43. The van der Waals surface area contributed by atoms with Crippen LogP contribution in [0.5, 0.6) is 0 Å². The fraction of sp³-hybridized carbons (Fsp3) is 0.812. The van der Waals surface area contributed by atoms with Crippen LogP contribution in [0.2, 0.25) is 5.02 Å². The predicted molar refractivity (Wildman–Crippen MR) is 88.8 cm³/mol. The molecular formula is C16H29ClN4. The van der Waals surface area contributed by atoms with Crippen LogP contribution in [0.3, 0.4) is 0 Å². The van der Waals surface area contributed by atoms with E-state index < -0.39 is 0 Å². The van der Waals surface area contributed by atoms with Crippen LogP contribution in [0, 0.1) is 6.92 Å². The molecular weight excluding hydrogens is 284 g/mol. The minimum Gasteiger partial charge on any atom is -0.309 e. The van der Waals surface area contributed by atoms with E-state index in [4.69, 9.17) is 11.6 Å². The molecule has 21 heavy (non-hydrogen) atoms. The van der Waals surface area contributed by atoms with E-state index in [1.54, 1.807) is 0 Å². The Hall–Kier alpha value is -0.580. The Morgan fingerprint density at radius 3 is 2.67 bits per heavy atom. The zero-order chi connectivity index (χ0) is 15.6. The highest BCUT2D eigenvalue weighted by atomic mass is 35.5. The van der Waals surface area contributed by atoms with Crippen molar-refractivity contribution >= 4 is 11.6 Å². The van der Waals surface area contributed by atoms with Gasteiger partial charge in [0.2, 0.25) is 0 Å². The fourth-order valence-electron chi connectivity index (χ4n) is 3.16. The van der Waals surface area contributed by atoms with E-state index in [1.807, 2.05) is 6.92 Å². The number of nitrogens with zero attached hydrogens (tertiary/aromatic N) is 3. The van der Waals surface area contributed by atoms with Gasteiger partial charge in [-0.3, -0.25) is 9.58 Å². The smallest absolute Gasteiger partial charge is 0.0860 e. The molecule has 0 aromatic carbocycles. The molecule has 120 valence electrons. The van der Waals surface area contributed by atoms with Crippen molar-refractivity contribution in [2.24, 2.45) is 0 Å². The Morgan fingerprint density at radius 2 is 2.10 bits per heavy atom. The SMILES string of the molecule is CCC1CNC(C)(CC)CN1Cc1c(Cl)c(C)nn1CC. The summed E-state index contributed by atoms with van der Waals surface area (Å²) < 4.78 is 2.05. The molecule has 1 fully saturated rings. The second kappa shape index (κ2) is 6.67. The molecule has 1 N–H and O–H groups in total. The van der Waals surface area contributed by atoms with Crippen LogP contribution in [0.25, 0.3) is 0 Å². The lowest BCUT2D eigenvalue weighted by Gasteiger charge is -2.46. The highest BCUT2D eigenvalue weighted by Crippen LogP contribution is 2.26. The van der Waals surface area contributed by atoms with Crippen LogP contribution < -0.4 is 5.32 Å². The minimum absolute atomic E-state index is 0.199. The van der Waals surface area contributed by atoms with E-state index in [2.05, 4.69) is 47.7 Å². The van der Waals surface area contributed by atoms with Gasteiger partial charge in [-0.15, -0.1) is 0 Å². The highest BCUT2D eigenvalue weighted by Gasteiger charge is 2.34. The lowest BCUT2D eigenvalue weighted by molar-refractivity contribution is 0.0732.